The van der Waals surface area contributed by atoms with Gasteiger partial charge in [0.25, 0.3) is 0 Å². The van der Waals surface area contributed by atoms with Crippen molar-refractivity contribution in [2.24, 2.45) is 5.92 Å². The second kappa shape index (κ2) is 5.07. The Balaban J connectivity index is 2.34. The third-order valence-electron chi connectivity index (χ3n) is 3.06. The lowest BCUT2D eigenvalue weighted by atomic mass is 10.1. The summed E-state index contributed by atoms with van der Waals surface area (Å²) in [6.07, 6.45) is 0.347. The number of aliphatic hydroxyl groups excluding tert-OH is 1. The van der Waals surface area contributed by atoms with E-state index in [1.807, 2.05) is 6.07 Å². The van der Waals surface area contributed by atoms with Gasteiger partial charge in [0.2, 0.25) is 5.91 Å². The molecular weight excluding hydrogens is 232 g/mol. The van der Waals surface area contributed by atoms with E-state index < -0.39 is 0 Å². The molecule has 1 fully saturated rings. The van der Waals surface area contributed by atoms with Crippen molar-refractivity contribution in [1.82, 2.24) is 0 Å². The first-order chi connectivity index (χ1) is 8.69. The molecule has 5 heteroatoms. The standard InChI is InChI=1S/C13H14N2O3/c1-18-12-4-9(6-14)2-3-11(12)15-7-10(8-16)5-13(15)17/h2-4,10,16H,5,7-8H2,1H3. The van der Waals surface area contributed by atoms with Crippen molar-refractivity contribution in [3.05, 3.63) is 23.8 Å². The van der Waals surface area contributed by atoms with Crippen molar-refractivity contribution in [3.63, 3.8) is 0 Å². The fourth-order valence-electron chi connectivity index (χ4n) is 2.11. The first-order valence-electron chi connectivity index (χ1n) is 5.69. The SMILES string of the molecule is COc1cc(C#N)ccc1N1CC(CO)CC1=O. The summed E-state index contributed by atoms with van der Waals surface area (Å²) in [4.78, 5) is 13.5. The number of rotatable bonds is 3. The van der Waals surface area contributed by atoms with E-state index in [1.165, 1.54) is 7.11 Å². The van der Waals surface area contributed by atoms with Gasteiger partial charge in [-0.05, 0) is 12.1 Å². The van der Waals surface area contributed by atoms with Gasteiger partial charge >= 0.3 is 0 Å². The number of amides is 1. The molecule has 1 aromatic carbocycles. The number of hydrogen-bond acceptors (Lipinski definition) is 4. The van der Waals surface area contributed by atoms with Gasteiger partial charge in [-0.25, -0.2) is 0 Å². The average Bonchev–Trinajstić information content (AvgIpc) is 2.79. The van der Waals surface area contributed by atoms with Crippen LogP contribution in [0.15, 0.2) is 18.2 Å². The van der Waals surface area contributed by atoms with Crippen LogP contribution in [-0.2, 0) is 4.79 Å². The summed E-state index contributed by atoms with van der Waals surface area (Å²) in [5, 5.41) is 17.9. The van der Waals surface area contributed by atoms with E-state index >= 15 is 0 Å². The van der Waals surface area contributed by atoms with E-state index in [1.54, 1.807) is 23.1 Å². The summed E-state index contributed by atoms with van der Waals surface area (Å²) in [7, 11) is 1.50. The minimum atomic E-state index is -0.0305. The number of carbonyl (C=O) groups is 1. The molecule has 1 aliphatic rings. The van der Waals surface area contributed by atoms with Crippen molar-refractivity contribution in [2.75, 3.05) is 25.2 Å². The van der Waals surface area contributed by atoms with Gasteiger partial charge in [-0.15, -0.1) is 0 Å². The zero-order valence-corrected chi connectivity index (χ0v) is 10.1. The van der Waals surface area contributed by atoms with Gasteiger partial charge in [0, 0.05) is 31.6 Å². The molecule has 1 aromatic rings. The highest BCUT2D eigenvalue weighted by atomic mass is 16.5. The molecule has 1 N–H and O–H groups in total. The number of anilines is 1. The van der Waals surface area contributed by atoms with Crippen molar-refractivity contribution >= 4 is 11.6 Å². The van der Waals surface area contributed by atoms with Crippen LogP contribution in [0, 0.1) is 17.2 Å². The lowest BCUT2D eigenvalue weighted by Gasteiger charge is -2.19. The van der Waals surface area contributed by atoms with Gasteiger partial charge < -0.3 is 14.7 Å². The predicted octanol–water partition coefficient (Wildman–Crippen LogP) is 0.912. The summed E-state index contributed by atoms with van der Waals surface area (Å²) in [5.74, 6) is 0.441. The number of ether oxygens (including phenoxy) is 1. The zero-order chi connectivity index (χ0) is 13.1. The maximum atomic E-state index is 11.9. The maximum absolute atomic E-state index is 11.9. The Morgan fingerprint density at radius 2 is 2.39 bits per heavy atom. The molecule has 1 saturated heterocycles. The Hall–Kier alpha value is -2.06. The summed E-state index contributed by atoms with van der Waals surface area (Å²) < 4.78 is 5.21. The Labute approximate surface area is 105 Å². The van der Waals surface area contributed by atoms with Crippen molar-refractivity contribution in [1.29, 1.82) is 5.26 Å². The molecule has 1 atom stereocenters. The fraction of sp³-hybridized carbons (Fsp3) is 0.385. The number of nitriles is 1. The van der Waals surface area contributed by atoms with E-state index in [-0.39, 0.29) is 18.4 Å². The van der Waals surface area contributed by atoms with Crippen LogP contribution >= 0.6 is 0 Å². The highest BCUT2D eigenvalue weighted by Gasteiger charge is 2.31. The first kappa shape index (κ1) is 12.4. The molecule has 0 bridgehead atoms. The molecule has 2 rings (SSSR count). The Kier molecular flexibility index (Phi) is 3.49. The third-order valence-corrected chi connectivity index (χ3v) is 3.06. The molecule has 0 saturated carbocycles. The Morgan fingerprint density at radius 3 is 2.94 bits per heavy atom. The number of hydrogen-bond donors (Lipinski definition) is 1. The minimum Gasteiger partial charge on any atom is -0.495 e. The molecule has 1 heterocycles. The highest BCUT2D eigenvalue weighted by molar-refractivity contribution is 5.97. The van der Waals surface area contributed by atoms with Gasteiger partial charge in [-0.2, -0.15) is 5.26 Å². The van der Waals surface area contributed by atoms with Crippen molar-refractivity contribution in [3.8, 4) is 11.8 Å². The number of nitrogens with zero attached hydrogens (tertiary/aromatic N) is 2. The number of aliphatic hydroxyl groups is 1. The van der Waals surface area contributed by atoms with E-state index in [0.29, 0.717) is 30.0 Å². The van der Waals surface area contributed by atoms with Gasteiger partial charge in [-0.3, -0.25) is 4.79 Å². The van der Waals surface area contributed by atoms with Crippen molar-refractivity contribution < 1.29 is 14.6 Å². The molecule has 0 spiro atoms. The topological polar surface area (TPSA) is 73.6 Å². The highest BCUT2D eigenvalue weighted by Crippen LogP contribution is 2.33. The van der Waals surface area contributed by atoms with Crippen LogP contribution in [0.5, 0.6) is 5.75 Å². The molecular formula is C13H14N2O3. The largest absolute Gasteiger partial charge is 0.495 e. The second-order valence-corrected chi connectivity index (χ2v) is 4.26. The van der Waals surface area contributed by atoms with E-state index in [2.05, 4.69) is 0 Å². The van der Waals surface area contributed by atoms with E-state index in [9.17, 15) is 4.79 Å². The summed E-state index contributed by atoms with van der Waals surface area (Å²) in [6, 6.07) is 6.99. The molecule has 1 aliphatic heterocycles. The fourth-order valence-corrected chi connectivity index (χ4v) is 2.11. The van der Waals surface area contributed by atoms with Gasteiger partial charge in [0.1, 0.15) is 5.75 Å². The lowest BCUT2D eigenvalue weighted by Crippen LogP contribution is -2.25. The molecule has 5 nitrogen and oxygen atoms in total. The monoisotopic (exact) mass is 246 g/mol. The molecule has 0 aromatic heterocycles. The van der Waals surface area contributed by atoms with Crippen LogP contribution in [0.25, 0.3) is 0 Å². The minimum absolute atomic E-state index is 0.000828. The normalized spacial score (nSPS) is 18.8. The van der Waals surface area contributed by atoms with E-state index in [4.69, 9.17) is 15.1 Å². The smallest absolute Gasteiger partial charge is 0.227 e. The molecule has 18 heavy (non-hydrogen) atoms. The van der Waals surface area contributed by atoms with E-state index in [0.717, 1.165) is 0 Å². The Bertz CT molecular complexity index is 507. The maximum Gasteiger partial charge on any atom is 0.227 e. The molecule has 0 aliphatic carbocycles. The third kappa shape index (κ3) is 2.15. The molecule has 1 unspecified atom stereocenters. The van der Waals surface area contributed by atoms with Crippen LogP contribution in [0.4, 0.5) is 5.69 Å². The van der Waals surface area contributed by atoms with Gasteiger partial charge in [0.15, 0.2) is 0 Å². The summed E-state index contributed by atoms with van der Waals surface area (Å²) in [5.41, 5.74) is 1.14. The molecule has 94 valence electrons. The number of benzene rings is 1. The second-order valence-electron chi connectivity index (χ2n) is 4.26. The lowest BCUT2D eigenvalue weighted by molar-refractivity contribution is -0.117. The van der Waals surface area contributed by atoms with Crippen molar-refractivity contribution in [2.45, 2.75) is 6.42 Å². The van der Waals surface area contributed by atoms with Crippen LogP contribution in [0.3, 0.4) is 0 Å². The van der Waals surface area contributed by atoms with Gasteiger partial charge in [-0.1, -0.05) is 0 Å². The first-order valence-corrected chi connectivity index (χ1v) is 5.69. The number of methoxy groups -OCH3 is 1. The average molecular weight is 246 g/mol. The molecule has 1 amide bonds. The summed E-state index contributed by atoms with van der Waals surface area (Å²) in [6.45, 7) is 0.485. The zero-order valence-electron chi connectivity index (χ0n) is 10.1. The van der Waals surface area contributed by atoms with Gasteiger partial charge in [0.05, 0.1) is 24.4 Å². The predicted molar refractivity (Wildman–Crippen MR) is 65.3 cm³/mol. The number of carbonyl (C=O) groups excluding carboxylic acids is 1. The van der Waals surface area contributed by atoms with Crippen LogP contribution in [0.1, 0.15) is 12.0 Å². The van der Waals surface area contributed by atoms with Crippen LogP contribution in [0.2, 0.25) is 0 Å². The van der Waals surface area contributed by atoms with Crippen LogP contribution in [-0.4, -0.2) is 31.3 Å². The van der Waals surface area contributed by atoms with Crippen LogP contribution < -0.4 is 9.64 Å². The summed E-state index contributed by atoms with van der Waals surface area (Å²) >= 11 is 0. The Morgan fingerprint density at radius 1 is 1.61 bits per heavy atom. The quantitative estimate of drug-likeness (QED) is 0.860. The molecule has 0 radical (unpaired) electrons.